The van der Waals surface area contributed by atoms with Gasteiger partial charge in [0.05, 0.1) is 16.1 Å². The molecule has 0 bridgehead atoms. The highest BCUT2D eigenvalue weighted by Crippen LogP contribution is 2.21. The van der Waals surface area contributed by atoms with Gasteiger partial charge in [-0.3, -0.25) is 20.2 Å². The van der Waals surface area contributed by atoms with Gasteiger partial charge < -0.3 is 15.1 Å². The number of hydrogen-bond donors (Lipinski definition) is 1. The number of benzene rings is 2. The largest absolute Gasteiger partial charge is 0.369 e. The fraction of sp³-hybridized carbons (Fsp3) is 0.429. The number of non-ortho nitro benzene ring substituents is 2. The fourth-order valence-corrected chi connectivity index (χ4v) is 4.60. The van der Waals surface area contributed by atoms with E-state index < -0.39 is 14.9 Å². The molecule has 0 aliphatic carbocycles. The van der Waals surface area contributed by atoms with Crippen molar-refractivity contribution in [2.75, 3.05) is 68.4 Å². The van der Waals surface area contributed by atoms with E-state index in [4.69, 9.17) is 0 Å². The van der Waals surface area contributed by atoms with Gasteiger partial charge in [0.25, 0.3) is 11.4 Å². The van der Waals surface area contributed by atoms with Crippen LogP contribution in [0.15, 0.2) is 48.5 Å². The number of sulfonamides is 1. The summed E-state index contributed by atoms with van der Waals surface area (Å²) in [4.78, 5) is 24.5. The molecule has 34 heavy (non-hydrogen) atoms. The Morgan fingerprint density at radius 1 is 0.706 bits per heavy atom. The maximum Gasteiger partial charge on any atom is 0.269 e. The standard InChI is InChI=1S/C11H15N3O4S.C10H13N3O2/c1-19(17,18)13-8-6-12(7-9-13)10-2-4-11(5-3-10)14(15)16;14-13(15)10-3-1-9(2-4-10)12-7-5-11-6-8-12/h2-5H,6-9H2,1H3;1-4,11H,5-8H2. The van der Waals surface area contributed by atoms with Gasteiger partial charge in [0, 0.05) is 88.0 Å². The Kier molecular flexibility index (Phi) is 8.36. The van der Waals surface area contributed by atoms with Gasteiger partial charge >= 0.3 is 0 Å². The van der Waals surface area contributed by atoms with Crippen LogP contribution in [0, 0.1) is 20.2 Å². The van der Waals surface area contributed by atoms with Gasteiger partial charge in [-0.1, -0.05) is 0 Å². The van der Waals surface area contributed by atoms with E-state index in [0.29, 0.717) is 26.2 Å². The lowest BCUT2D eigenvalue weighted by Gasteiger charge is -2.34. The van der Waals surface area contributed by atoms with Crippen LogP contribution in [0.2, 0.25) is 0 Å². The minimum absolute atomic E-state index is 0.0542. The molecule has 4 rings (SSSR count). The van der Waals surface area contributed by atoms with Crippen LogP contribution >= 0.6 is 0 Å². The quantitative estimate of drug-likeness (QED) is 0.487. The van der Waals surface area contributed by atoms with E-state index in [1.807, 2.05) is 17.0 Å². The summed E-state index contributed by atoms with van der Waals surface area (Å²) in [5.41, 5.74) is 2.13. The zero-order valence-corrected chi connectivity index (χ0v) is 19.7. The van der Waals surface area contributed by atoms with Crippen LogP contribution in [0.1, 0.15) is 0 Å². The van der Waals surface area contributed by atoms with E-state index in [9.17, 15) is 28.6 Å². The number of rotatable bonds is 5. The van der Waals surface area contributed by atoms with Crippen LogP contribution in [0.5, 0.6) is 0 Å². The number of nitro groups is 2. The van der Waals surface area contributed by atoms with Crippen molar-refractivity contribution >= 4 is 32.8 Å². The van der Waals surface area contributed by atoms with Gasteiger partial charge in [-0.25, -0.2) is 8.42 Å². The summed E-state index contributed by atoms with van der Waals surface area (Å²) in [6.07, 6.45) is 1.20. The molecule has 2 aliphatic heterocycles. The van der Waals surface area contributed by atoms with Crippen LogP contribution in [0.3, 0.4) is 0 Å². The predicted molar refractivity (Wildman–Crippen MR) is 130 cm³/mol. The first-order valence-corrected chi connectivity index (χ1v) is 12.6. The highest BCUT2D eigenvalue weighted by atomic mass is 32.2. The van der Waals surface area contributed by atoms with Crippen molar-refractivity contribution in [3.8, 4) is 0 Å². The molecule has 0 amide bonds. The van der Waals surface area contributed by atoms with Gasteiger partial charge in [-0.05, 0) is 24.3 Å². The van der Waals surface area contributed by atoms with Crippen molar-refractivity contribution in [2.45, 2.75) is 0 Å². The fourth-order valence-electron chi connectivity index (χ4n) is 3.77. The van der Waals surface area contributed by atoms with E-state index in [1.54, 1.807) is 24.3 Å². The van der Waals surface area contributed by atoms with Crippen molar-refractivity contribution in [3.05, 3.63) is 68.8 Å². The summed E-state index contributed by atoms with van der Waals surface area (Å²) < 4.78 is 24.2. The monoisotopic (exact) mass is 492 g/mol. The maximum absolute atomic E-state index is 11.4. The maximum atomic E-state index is 11.4. The average Bonchev–Trinajstić information content (AvgIpc) is 2.85. The summed E-state index contributed by atoms with van der Waals surface area (Å²) in [6.45, 7) is 5.91. The molecule has 0 unspecified atom stereocenters. The molecule has 2 aliphatic rings. The van der Waals surface area contributed by atoms with Crippen LogP contribution in [0.4, 0.5) is 22.7 Å². The van der Waals surface area contributed by atoms with Crippen LogP contribution in [-0.4, -0.2) is 81.2 Å². The van der Waals surface area contributed by atoms with E-state index in [0.717, 1.165) is 37.6 Å². The van der Waals surface area contributed by atoms with Crippen LogP contribution in [-0.2, 0) is 10.0 Å². The molecule has 2 fully saturated rings. The second-order valence-corrected chi connectivity index (χ2v) is 9.92. The normalized spacial score (nSPS) is 17.0. The smallest absolute Gasteiger partial charge is 0.269 e. The Hall–Kier alpha value is -3.29. The summed E-state index contributed by atoms with van der Waals surface area (Å²) in [5, 5.41) is 24.3. The second-order valence-electron chi connectivity index (χ2n) is 7.93. The average molecular weight is 493 g/mol. The first kappa shape index (κ1) is 25.3. The Balaban J connectivity index is 0.000000196. The number of nitrogens with zero attached hydrogens (tertiary/aromatic N) is 5. The van der Waals surface area contributed by atoms with E-state index in [1.165, 1.54) is 22.7 Å². The van der Waals surface area contributed by atoms with Crippen molar-refractivity contribution in [1.82, 2.24) is 9.62 Å². The SMILES string of the molecule is CS(=O)(=O)N1CCN(c2ccc([N+](=O)[O-])cc2)CC1.O=[N+]([O-])c1ccc(N2CCNCC2)cc1. The molecule has 184 valence electrons. The molecular formula is C21H28N6O6S. The van der Waals surface area contributed by atoms with Gasteiger partial charge in [-0.2, -0.15) is 4.31 Å². The molecule has 2 aromatic rings. The molecule has 2 saturated heterocycles. The molecule has 1 N–H and O–H groups in total. The number of anilines is 2. The Morgan fingerprint density at radius 3 is 1.44 bits per heavy atom. The third kappa shape index (κ3) is 6.85. The van der Waals surface area contributed by atoms with Gasteiger partial charge in [-0.15, -0.1) is 0 Å². The Bertz CT molecular complexity index is 1080. The zero-order valence-electron chi connectivity index (χ0n) is 18.9. The zero-order chi connectivity index (χ0) is 24.7. The van der Waals surface area contributed by atoms with Crippen molar-refractivity contribution in [1.29, 1.82) is 0 Å². The minimum atomic E-state index is -3.13. The predicted octanol–water partition coefficient (Wildman–Crippen LogP) is 1.68. The number of nitrogens with one attached hydrogen (secondary N) is 1. The lowest BCUT2D eigenvalue weighted by molar-refractivity contribution is -0.385. The summed E-state index contributed by atoms with van der Waals surface area (Å²) in [5.74, 6) is 0. The minimum Gasteiger partial charge on any atom is -0.369 e. The molecule has 2 heterocycles. The third-order valence-corrected chi connectivity index (χ3v) is 6.98. The van der Waals surface area contributed by atoms with Crippen molar-refractivity contribution < 1.29 is 18.3 Å². The molecule has 0 spiro atoms. The van der Waals surface area contributed by atoms with E-state index >= 15 is 0 Å². The summed E-state index contributed by atoms with van der Waals surface area (Å²) in [7, 11) is -3.13. The highest BCUT2D eigenvalue weighted by molar-refractivity contribution is 7.88. The van der Waals surface area contributed by atoms with Gasteiger partial charge in [0.2, 0.25) is 10.0 Å². The van der Waals surface area contributed by atoms with Gasteiger partial charge in [0.1, 0.15) is 0 Å². The molecule has 0 aromatic heterocycles. The molecule has 12 nitrogen and oxygen atoms in total. The topological polar surface area (TPSA) is 142 Å². The number of hydrogen-bond acceptors (Lipinski definition) is 9. The van der Waals surface area contributed by atoms with E-state index in [2.05, 4.69) is 10.2 Å². The number of nitro benzene ring substituents is 2. The molecule has 0 saturated carbocycles. The lowest BCUT2D eigenvalue weighted by Crippen LogP contribution is -2.48. The molecule has 0 radical (unpaired) electrons. The first-order valence-electron chi connectivity index (χ1n) is 10.8. The van der Waals surface area contributed by atoms with Crippen molar-refractivity contribution in [3.63, 3.8) is 0 Å². The first-order chi connectivity index (χ1) is 16.1. The Morgan fingerprint density at radius 2 is 1.09 bits per heavy atom. The van der Waals surface area contributed by atoms with Gasteiger partial charge in [0.15, 0.2) is 0 Å². The summed E-state index contributed by atoms with van der Waals surface area (Å²) in [6, 6.07) is 13.0. The second kappa shape index (κ2) is 11.2. The molecule has 0 atom stereocenters. The lowest BCUT2D eigenvalue weighted by atomic mass is 10.2. The van der Waals surface area contributed by atoms with E-state index in [-0.39, 0.29) is 16.3 Å². The molecule has 13 heteroatoms. The van der Waals surface area contributed by atoms with Crippen molar-refractivity contribution in [2.24, 2.45) is 0 Å². The Labute approximate surface area is 198 Å². The number of piperazine rings is 2. The summed E-state index contributed by atoms with van der Waals surface area (Å²) >= 11 is 0. The third-order valence-electron chi connectivity index (χ3n) is 5.68. The van der Waals surface area contributed by atoms with Crippen LogP contribution in [0.25, 0.3) is 0 Å². The van der Waals surface area contributed by atoms with Crippen LogP contribution < -0.4 is 15.1 Å². The molecule has 2 aromatic carbocycles. The molecular weight excluding hydrogens is 464 g/mol. The highest BCUT2D eigenvalue weighted by Gasteiger charge is 2.23.